The molecule has 1 aliphatic heterocycles. The number of nitrogens with zero attached hydrogens (tertiary/aromatic N) is 2. The molecule has 0 bridgehead atoms. The first-order valence-corrected chi connectivity index (χ1v) is 10.9. The molecule has 6 nitrogen and oxygen atoms in total. The van der Waals surface area contributed by atoms with Gasteiger partial charge in [-0.2, -0.15) is 5.26 Å². The maximum absolute atomic E-state index is 13.2. The van der Waals surface area contributed by atoms with Crippen molar-refractivity contribution in [1.29, 1.82) is 5.26 Å². The van der Waals surface area contributed by atoms with E-state index < -0.39 is 5.92 Å². The Morgan fingerprint density at radius 3 is 2.67 bits per heavy atom. The first-order valence-electron chi connectivity index (χ1n) is 10.5. The molecule has 170 valence electrons. The van der Waals surface area contributed by atoms with E-state index in [2.05, 4.69) is 6.07 Å². The highest BCUT2D eigenvalue weighted by atomic mass is 35.5. The number of hydrogen-bond acceptors (Lipinski definition) is 6. The predicted molar refractivity (Wildman–Crippen MR) is 122 cm³/mol. The fraction of sp³-hybridized carbons (Fsp3) is 0.280. The minimum atomic E-state index is -0.633. The highest BCUT2D eigenvalue weighted by molar-refractivity contribution is 6.32. The summed E-state index contributed by atoms with van der Waals surface area (Å²) < 4.78 is 24.6. The Bertz CT molecular complexity index is 1210. The number of halogens is 2. The summed E-state index contributed by atoms with van der Waals surface area (Å²) in [5.41, 5.74) is 9.39. The molecule has 2 aromatic carbocycles. The van der Waals surface area contributed by atoms with Gasteiger partial charge in [0.05, 0.1) is 29.7 Å². The van der Waals surface area contributed by atoms with Crippen molar-refractivity contribution < 1.29 is 18.7 Å². The van der Waals surface area contributed by atoms with Crippen LogP contribution >= 0.6 is 11.6 Å². The smallest absolute Gasteiger partial charge is 0.180 e. The Labute approximate surface area is 196 Å². The fourth-order valence-electron chi connectivity index (χ4n) is 4.38. The second kappa shape index (κ2) is 9.16. The Morgan fingerprint density at radius 2 is 2.00 bits per heavy atom. The van der Waals surface area contributed by atoms with Gasteiger partial charge in [-0.25, -0.2) is 4.39 Å². The molecule has 1 heterocycles. The number of hydrogen-bond donors (Lipinski definition) is 1. The first-order chi connectivity index (χ1) is 15.8. The van der Waals surface area contributed by atoms with E-state index in [1.54, 1.807) is 36.2 Å². The third-order valence-electron chi connectivity index (χ3n) is 6.05. The topological polar surface area (TPSA) is 88.6 Å². The van der Waals surface area contributed by atoms with Crippen LogP contribution in [0.3, 0.4) is 0 Å². The number of benzene rings is 2. The highest BCUT2D eigenvalue weighted by Crippen LogP contribution is 2.47. The van der Waals surface area contributed by atoms with Gasteiger partial charge in [-0.1, -0.05) is 23.7 Å². The molecule has 2 aromatic rings. The summed E-state index contributed by atoms with van der Waals surface area (Å²) >= 11 is 6.58. The van der Waals surface area contributed by atoms with Crippen LogP contribution in [0.15, 0.2) is 59.1 Å². The summed E-state index contributed by atoms with van der Waals surface area (Å²) in [6.07, 6.45) is 1.87. The minimum absolute atomic E-state index is 0.0000700. The van der Waals surface area contributed by atoms with Gasteiger partial charge in [0.15, 0.2) is 17.3 Å². The molecule has 1 atom stereocenters. The zero-order valence-corrected chi connectivity index (χ0v) is 19.1. The Balaban J connectivity index is 1.75. The zero-order valence-electron chi connectivity index (χ0n) is 18.3. The molecule has 8 heteroatoms. The summed E-state index contributed by atoms with van der Waals surface area (Å²) in [6, 6.07) is 11.5. The summed E-state index contributed by atoms with van der Waals surface area (Å²) in [4.78, 5) is 14.7. The number of ketones is 1. The van der Waals surface area contributed by atoms with Gasteiger partial charge in [0.25, 0.3) is 0 Å². The van der Waals surface area contributed by atoms with E-state index in [1.807, 2.05) is 0 Å². The second-order valence-electron chi connectivity index (χ2n) is 7.99. The van der Waals surface area contributed by atoms with Gasteiger partial charge < -0.3 is 20.1 Å². The monoisotopic (exact) mass is 467 g/mol. The molecule has 33 heavy (non-hydrogen) atoms. The molecule has 0 aromatic heterocycles. The maximum Gasteiger partial charge on any atom is 0.180 e. The van der Waals surface area contributed by atoms with Gasteiger partial charge in [-0.15, -0.1) is 0 Å². The van der Waals surface area contributed by atoms with Crippen molar-refractivity contribution >= 4 is 17.4 Å². The molecule has 0 fully saturated rings. The Morgan fingerprint density at radius 1 is 1.27 bits per heavy atom. The molecule has 2 N–H and O–H groups in total. The molecule has 0 amide bonds. The van der Waals surface area contributed by atoms with Crippen LogP contribution in [0, 0.1) is 17.1 Å². The van der Waals surface area contributed by atoms with Crippen LogP contribution in [-0.2, 0) is 11.4 Å². The fourth-order valence-corrected chi connectivity index (χ4v) is 4.65. The van der Waals surface area contributed by atoms with E-state index in [0.29, 0.717) is 46.9 Å². The van der Waals surface area contributed by atoms with Gasteiger partial charge in [0.2, 0.25) is 0 Å². The number of methoxy groups -OCH3 is 1. The number of Topliss-reactive ketones (excluding diaryl/α,β-unsaturated/α-hetero) is 1. The summed E-state index contributed by atoms with van der Waals surface area (Å²) in [7, 11) is 3.26. The van der Waals surface area contributed by atoms with E-state index in [4.69, 9.17) is 26.8 Å². The SMILES string of the molecule is COc1cc([C@@H]2C(C#N)=C(N)N(C)C3=C2C(=O)CCC3)cc(Cl)c1OCc1ccc(F)cc1. The number of rotatable bonds is 5. The third-order valence-corrected chi connectivity index (χ3v) is 6.33. The largest absolute Gasteiger partial charge is 0.493 e. The van der Waals surface area contributed by atoms with Gasteiger partial charge in [0.1, 0.15) is 18.2 Å². The molecular weight excluding hydrogens is 445 g/mol. The molecule has 4 rings (SSSR count). The van der Waals surface area contributed by atoms with Crippen molar-refractivity contribution in [2.45, 2.75) is 31.8 Å². The van der Waals surface area contributed by atoms with E-state index in [-0.39, 0.29) is 23.2 Å². The lowest BCUT2D eigenvalue weighted by molar-refractivity contribution is -0.116. The third kappa shape index (κ3) is 4.14. The van der Waals surface area contributed by atoms with E-state index >= 15 is 0 Å². The second-order valence-corrected chi connectivity index (χ2v) is 8.40. The van der Waals surface area contributed by atoms with Crippen LogP contribution in [-0.4, -0.2) is 24.8 Å². The van der Waals surface area contributed by atoms with E-state index in [0.717, 1.165) is 17.7 Å². The van der Waals surface area contributed by atoms with Crippen molar-refractivity contribution in [2.75, 3.05) is 14.2 Å². The lowest BCUT2D eigenvalue weighted by Gasteiger charge is -2.37. The molecule has 0 unspecified atom stereocenters. The molecular formula is C25H23ClFN3O3. The van der Waals surface area contributed by atoms with Gasteiger partial charge in [0, 0.05) is 24.7 Å². The number of allylic oxidation sites excluding steroid dienone is 3. The number of carbonyl (C=O) groups excluding carboxylic acids is 1. The number of ether oxygens (including phenoxy) is 2. The van der Waals surface area contributed by atoms with E-state index in [9.17, 15) is 14.4 Å². The predicted octanol–water partition coefficient (Wildman–Crippen LogP) is 4.80. The lowest BCUT2D eigenvalue weighted by atomic mass is 9.76. The molecule has 0 radical (unpaired) electrons. The normalized spacial score (nSPS) is 18.2. The maximum atomic E-state index is 13.2. The molecule has 0 saturated carbocycles. The quantitative estimate of drug-likeness (QED) is 0.679. The zero-order chi connectivity index (χ0) is 23.7. The van der Waals surface area contributed by atoms with Crippen LogP contribution in [0.4, 0.5) is 4.39 Å². The Hall–Kier alpha value is -3.50. The van der Waals surface area contributed by atoms with Crippen LogP contribution in [0.1, 0.15) is 36.3 Å². The van der Waals surface area contributed by atoms with Crippen LogP contribution < -0.4 is 15.2 Å². The molecule has 0 spiro atoms. The summed E-state index contributed by atoms with van der Waals surface area (Å²) in [6.45, 7) is 0.161. The van der Waals surface area contributed by atoms with Gasteiger partial charge >= 0.3 is 0 Å². The average molecular weight is 468 g/mol. The summed E-state index contributed by atoms with van der Waals surface area (Å²) in [5.74, 6) is 0.0392. The molecule has 1 aliphatic carbocycles. The van der Waals surface area contributed by atoms with Crippen molar-refractivity contribution in [1.82, 2.24) is 4.90 Å². The number of nitrogens with two attached hydrogens (primary N) is 1. The van der Waals surface area contributed by atoms with Crippen molar-refractivity contribution in [3.05, 3.63) is 81.0 Å². The molecule has 2 aliphatic rings. The van der Waals surface area contributed by atoms with Crippen LogP contribution in [0.5, 0.6) is 11.5 Å². The lowest BCUT2D eigenvalue weighted by Crippen LogP contribution is -2.36. The Kier molecular flexibility index (Phi) is 6.30. The highest BCUT2D eigenvalue weighted by Gasteiger charge is 2.39. The van der Waals surface area contributed by atoms with Crippen LogP contribution in [0.25, 0.3) is 0 Å². The minimum Gasteiger partial charge on any atom is -0.493 e. The summed E-state index contributed by atoms with van der Waals surface area (Å²) in [5, 5.41) is 10.2. The van der Waals surface area contributed by atoms with Gasteiger partial charge in [-0.3, -0.25) is 4.79 Å². The van der Waals surface area contributed by atoms with Gasteiger partial charge in [-0.05, 0) is 48.2 Å². The number of nitriles is 1. The van der Waals surface area contributed by atoms with Crippen molar-refractivity contribution in [3.8, 4) is 17.6 Å². The van der Waals surface area contributed by atoms with Crippen molar-refractivity contribution in [3.63, 3.8) is 0 Å². The molecule has 0 saturated heterocycles. The first kappa shape index (κ1) is 22.7. The average Bonchev–Trinajstić information content (AvgIpc) is 2.81. The standard InChI is InChI=1S/C25H23ClFN3O3/c1-30-19-4-3-5-20(31)23(19)22(17(12-28)25(30)29)15-10-18(26)24(21(11-15)32-2)33-13-14-6-8-16(27)9-7-14/h6-11,22H,3-5,13,29H2,1-2H3/t22-/m1/s1. The number of carbonyl (C=O) groups is 1. The van der Waals surface area contributed by atoms with E-state index in [1.165, 1.54) is 19.2 Å². The van der Waals surface area contributed by atoms with Crippen LogP contribution in [0.2, 0.25) is 5.02 Å². The van der Waals surface area contributed by atoms with Crippen molar-refractivity contribution in [2.24, 2.45) is 5.73 Å².